The molecule has 3 rings (SSSR count). The topological polar surface area (TPSA) is 91.4 Å². The SMILES string of the molecule is Cc1nc(NC(=O)CN2C(=O)[C@H](C(C)C)NC(=O)c3ccccc32)sc1C. The lowest BCUT2D eigenvalue weighted by Crippen LogP contribution is -2.50. The second kappa shape index (κ2) is 7.48. The molecule has 7 nitrogen and oxygen atoms in total. The molecule has 3 amide bonds. The predicted octanol–water partition coefficient (Wildman–Crippen LogP) is 2.50. The van der Waals surface area contributed by atoms with Gasteiger partial charge in [0.25, 0.3) is 5.91 Å². The molecule has 1 aromatic heterocycles. The molecule has 142 valence electrons. The third kappa shape index (κ3) is 3.85. The van der Waals surface area contributed by atoms with Gasteiger partial charge in [-0.15, -0.1) is 11.3 Å². The van der Waals surface area contributed by atoms with Crippen LogP contribution in [0.1, 0.15) is 34.8 Å². The minimum absolute atomic E-state index is 0.106. The summed E-state index contributed by atoms with van der Waals surface area (Å²) in [6.45, 7) is 7.34. The number of hydrogen-bond donors (Lipinski definition) is 2. The van der Waals surface area contributed by atoms with Crippen LogP contribution in [0.5, 0.6) is 0 Å². The molecule has 27 heavy (non-hydrogen) atoms. The van der Waals surface area contributed by atoms with Crippen LogP contribution in [0, 0.1) is 19.8 Å². The van der Waals surface area contributed by atoms with Crippen molar-refractivity contribution >= 4 is 39.9 Å². The molecule has 0 fully saturated rings. The standard InChI is InChI=1S/C19H22N4O3S/c1-10(2)16-18(26)23(14-8-6-5-7-13(14)17(25)22-16)9-15(24)21-19-20-11(3)12(4)27-19/h5-8,10,16H,9H2,1-4H3,(H,22,25)(H,20,21,24)/t16-/m0/s1. The van der Waals surface area contributed by atoms with E-state index in [1.54, 1.807) is 24.3 Å². The number of rotatable bonds is 4. The highest BCUT2D eigenvalue weighted by molar-refractivity contribution is 7.15. The van der Waals surface area contributed by atoms with Gasteiger partial charge in [-0.25, -0.2) is 4.98 Å². The van der Waals surface area contributed by atoms with Gasteiger partial charge in [0.1, 0.15) is 12.6 Å². The molecule has 0 bridgehead atoms. The Balaban J connectivity index is 1.90. The molecule has 1 aromatic carbocycles. The number of para-hydroxylation sites is 1. The lowest BCUT2D eigenvalue weighted by molar-refractivity contribution is -0.123. The van der Waals surface area contributed by atoms with Crippen molar-refractivity contribution in [2.24, 2.45) is 5.92 Å². The third-order valence-corrected chi connectivity index (χ3v) is 5.49. The molecule has 1 atom stereocenters. The second-order valence-electron chi connectivity index (χ2n) is 6.85. The smallest absolute Gasteiger partial charge is 0.254 e. The summed E-state index contributed by atoms with van der Waals surface area (Å²) >= 11 is 1.39. The normalized spacial score (nSPS) is 16.8. The van der Waals surface area contributed by atoms with Gasteiger partial charge in [0, 0.05) is 4.88 Å². The molecule has 2 heterocycles. The van der Waals surface area contributed by atoms with Gasteiger partial charge in [0.15, 0.2) is 5.13 Å². The van der Waals surface area contributed by atoms with Gasteiger partial charge in [-0.3, -0.25) is 14.4 Å². The van der Waals surface area contributed by atoms with E-state index in [-0.39, 0.29) is 30.2 Å². The van der Waals surface area contributed by atoms with Crippen molar-refractivity contribution in [1.82, 2.24) is 10.3 Å². The lowest BCUT2D eigenvalue weighted by atomic mass is 10.0. The van der Waals surface area contributed by atoms with Crippen LogP contribution in [-0.4, -0.2) is 35.3 Å². The first-order valence-electron chi connectivity index (χ1n) is 8.73. The summed E-state index contributed by atoms with van der Waals surface area (Å²) in [6.07, 6.45) is 0. The zero-order valence-corrected chi connectivity index (χ0v) is 16.5. The lowest BCUT2D eigenvalue weighted by Gasteiger charge is -2.26. The minimum Gasteiger partial charge on any atom is -0.340 e. The number of nitrogens with zero attached hydrogens (tertiary/aromatic N) is 2. The van der Waals surface area contributed by atoms with Gasteiger partial charge < -0.3 is 15.5 Å². The van der Waals surface area contributed by atoms with Crippen LogP contribution in [0.25, 0.3) is 0 Å². The Kier molecular flexibility index (Phi) is 5.27. The number of hydrogen-bond acceptors (Lipinski definition) is 5. The van der Waals surface area contributed by atoms with Gasteiger partial charge in [-0.2, -0.15) is 0 Å². The number of fused-ring (bicyclic) bond motifs is 1. The van der Waals surface area contributed by atoms with E-state index < -0.39 is 6.04 Å². The average Bonchev–Trinajstić information content (AvgIpc) is 2.88. The first-order chi connectivity index (χ1) is 12.8. The van der Waals surface area contributed by atoms with E-state index >= 15 is 0 Å². The van der Waals surface area contributed by atoms with E-state index in [0.29, 0.717) is 16.4 Å². The fraction of sp³-hybridized carbons (Fsp3) is 0.368. The highest BCUT2D eigenvalue weighted by Crippen LogP contribution is 2.26. The van der Waals surface area contributed by atoms with E-state index in [1.807, 2.05) is 27.7 Å². The number of nitrogens with one attached hydrogen (secondary N) is 2. The van der Waals surface area contributed by atoms with Crippen molar-refractivity contribution in [3.8, 4) is 0 Å². The summed E-state index contributed by atoms with van der Waals surface area (Å²) in [5.41, 5.74) is 1.67. The number of amides is 3. The maximum Gasteiger partial charge on any atom is 0.254 e. The van der Waals surface area contributed by atoms with Gasteiger partial charge in [-0.05, 0) is 31.9 Å². The van der Waals surface area contributed by atoms with Crippen molar-refractivity contribution in [3.05, 3.63) is 40.4 Å². The molecule has 1 aliphatic rings. The number of aryl methyl sites for hydroxylation is 2. The van der Waals surface area contributed by atoms with Gasteiger partial charge >= 0.3 is 0 Å². The summed E-state index contributed by atoms with van der Waals surface area (Å²) in [6, 6.07) is 6.12. The fourth-order valence-electron chi connectivity index (χ4n) is 2.91. The third-order valence-electron chi connectivity index (χ3n) is 4.50. The van der Waals surface area contributed by atoms with Crippen molar-refractivity contribution in [1.29, 1.82) is 0 Å². The van der Waals surface area contributed by atoms with Crippen LogP contribution in [-0.2, 0) is 9.59 Å². The molecule has 2 aromatic rings. The number of thiazole rings is 1. The molecule has 8 heteroatoms. The summed E-state index contributed by atoms with van der Waals surface area (Å²) in [7, 11) is 0. The Labute approximate surface area is 161 Å². The van der Waals surface area contributed by atoms with Crippen molar-refractivity contribution < 1.29 is 14.4 Å². The van der Waals surface area contributed by atoms with Gasteiger partial charge in [0.2, 0.25) is 11.8 Å². The van der Waals surface area contributed by atoms with Crippen LogP contribution >= 0.6 is 11.3 Å². The zero-order valence-electron chi connectivity index (χ0n) is 15.7. The van der Waals surface area contributed by atoms with Gasteiger partial charge in [-0.1, -0.05) is 26.0 Å². The largest absolute Gasteiger partial charge is 0.340 e. The van der Waals surface area contributed by atoms with E-state index in [2.05, 4.69) is 15.6 Å². The molecule has 0 radical (unpaired) electrons. The number of anilines is 2. The molecular formula is C19H22N4O3S. The summed E-state index contributed by atoms with van der Waals surface area (Å²) < 4.78 is 0. The monoisotopic (exact) mass is 386 g/mol. The van der Waals surface area contributed by atoms with Gasteiger partial charge in [0.05, 0.1) is 16.9 Å². The van der Waals surface area contributed by atoms with Crippen LogP contribution in [0.4, 0.5) is 10.8 Å². The van der Waals surface area contributed by atoms with Crippen LogP contribution in [0.15, 0.2) is 24.3 Å². The zero-order chi connectivity index (χ0) is 19.7. The molecule has 0 saturated carbocycles. The Morgan fingerprint density at radius 1 is 1.30 bits per heavy atom. The fourth-order valence-corrected chi connectivity index (χ4v) is 3.74. The number of carbonyl (C=O) groups excluding carboxylic acids is 3. The molecular weight excluding hydrogens is 364 g/mol. The van der Waals surface area contributed by atoms with Crippen LogP contribution in [0.2, 0.25) is 0 Å². The predicted molar refractivity (Wildman–Crippen MR) is 105 cm³/mol. The Bertz CT molecular complexity index is 887. The minimum atomic E-state index is -0.693. The highest BCUT2D eigenvalue weighted by atomic mass is 32.1. The molecule has 1 aliphatic heterocycles. The molecule has 0 aliphatic carbocycles. The van der Waals surface area contributed by atoms with Crippen molar-refractivity contribution in [2.45, 2.75) is 33.7 Å². The van der Waals surface area contributed by atoms with E-state index in [1.165, 1.54) is 16.2 Å². The average molecular weight is 386 g/mol. The summed E-state index contributed by atoms with van der Waals surface area (Å²) in [5.74, 6) is -1.08. The highest BCUT2D eigenvalue weighted by Gasteiger charge is 2.36. The van der Waals surface area contributed by atoms with E-state index in [0.717, 1.165) is 10.6 Å². The summed E-state index contributed by atoms with van der Waals surface area (Å²) in [5, 5.41) is 6.02. The Morgan fingerprint density at radius 2 is 2.00 bits per heavy atom. The number of carbonyl (C=O) groups is 3. The molecule has 2 N–H and O–H groups in total. The number of aromatic nitrogens is 1. The van der Waals surface area contributed by atoms with Crippen molar-refractivity contribution in [3.63, 3.8) is 0 Å². The molecule has 0 spiro atoms. The molecule has 0 saturated heterocycles. The van der Waals surface area contributed by atoms with E-state index in [4.69, 9.17) is 0 Å². The quantitative estimate of drug-likeness (QED) is 0.845. The first kappa shape index (κ1) is 19.0. The Morgan fingerprint density at radius 3 is 2.63 bits per heavy atom. The van der Waals surface area contributed by atoms with Crippen molar-refractivity contribution in [2.75, 3.05) is 16.8 Å². The molecule has 0 unspecified atom stereocenters. The first-order valence-corrected chi connectivity index (χ1v) is 9.54. The second-order valence-corrected chi connectivity index (χ2v) is 8.05. The van der Waals surface area contributed by atoms with E-state index in [9.17, 15) is 14.4 Å². The number of benzene rings is 1. The van der Waals surface area contributed by atoms with Crippen LogP contribution in [0.3, 0.4) is 0 Å². The Hall–Kier alpha value is -2.74. The van der Waals surface area contributed by atoms with Crippen LogP contribution < -0.4 is 15.5 Å². The maximum absolute atomic E-state index is 13.1. The summed E-state index contributed by atoms with van der Waals surface area (Å²) in [4.78, 5) is 44.9. The maximum atomic E-state index is 13.1.